The molecule has 0 bridgehead atoms. The summed E-state index contributed by atoms with van der Waals surface area (Å²) >= 11 is 0. The van der Waals surface area contributed by atoms with E-state index in [4.69, 9.17) is 17.9 Å². The van der Waals surface area contributed by atoms with Gasteiger partial charge in [0.25, 0.3) is 0 Å². The zero-order chi connectivity index (χ0) is 9.45. The van der Waals surface area contributed by atoms with E-state index in [9.17, 15) is 0 Å². The van der Waals surface area contributed by atoms with Crippen LogP contribution >= 0.6 is 0 Å². The second-order valence-corrected chi connectivity index (χ2v) is 4.36. The van der Waals surface area contributed by atoms with Gasteiger partial charge in [0.05, 0.1) is 6.61 Å². The van der Waals surface area contributed by atoms with E-state index in [-0.39, 0.29) is 0 Å². The van der Waals surface area contributed by atoms with Crippen LogP contribution in [0.25, 0.3) is 0 Å². The fourth-order valence-corrected chi connectivity index (χ4v) is 2.28. The second-order valence-electron chi connectivity index (χ2n) is 1.76. The summed E-state index contributed by atoms with van der Waals surface area (Å²) in [5.41, 5.74) is 0. The van der Waals surface area contributed by atoms with Gasteiger partial charge >= 0.3 is 9.05 Å². The highest BCUT2D eigenvalue weighted by Gasteiger charge is 2.44. The van der Waals surface area contributed by atoms with Crippen molar-refractivity contribution in [3.8, 4) is 0 Å². The number of hydrogen-bond acceptors (Lipinski definition) is 5. The molecule has 0 atom stereocenters. The van der Waals surface area contributed by atoms with Gasteiger partial charge in [0, 0.05) is 14.2 Å². The third-order valence-electron chi connectivity index (χ3n) is 1.06. The molecule has 0 aromatic carbocycles. The Morgan fingerprint density at radius 3 is 2.33 bits per heavy atom. The van der Waals surface area contributed by atoms with Gasteiger partial charge < -0.3 is 17.9 Å². The lowest BCUT2D eigenvalue weighted by molar-refractivity contribution is -0.189. The van der Waals surface area contributed by atoms with Crippen LogP contribution in [0.3, 0.4) is 0 Å². The molecule has 0 heterocycles. The molecule has 0 saturated heterocycles. The number of hydrogen-bond donors (Lipinski definition) is 0. The predicted octanol–water partition coefficient (Wildman–Crippen LogP) is -0.854. The van der Waals surface area contributed by atoms with Crippen LogP contribution in [0.1, 0.15) is 0 Å². The molecule has 0 aliphatic rings. The first kappa shape index (κ1) is 12.0. The van der Waals surface area contributed by atoms with E-state index in [0.29, 0.717) is 17.1 Å². The maximum Gasteiger partial charge on any atom is 0.706 e. The third kappa shape index (κ3) is 3.58. The van der Waals surface area contributed by atoms with E-state index in [0.717, 1.165) is 0 Å². The Hall–Kier alpha value is -0.0262. The summed E-state index contributed by atoms with van der Waals surface area (Å²) in [4.78, 5) is 0. The monoisotopic (exact) mass is 210 g/mol. The molecule has 0 aromatic rings. The molecule has 0 aliphatic carbocycles. The first-order valence-electron chi connectivity index (χ1n) is 3.31. The lowest BCUT2D eigenvalue weighted by Gasteiger charge is -2.22. The average molecular weight is 210 g/mol. The Bertz CT molecular complexity index is 127. The van der Waals surface area contributed by atoms with E-state index in [1.54, 1.807) is 6.08 Å². The molecule has 0 fully saturated rings. The predicted molar refractivity (Wildman–Crippen MR) is 48.0 cm³/mol. The van der Waals surface area contributed by atoms with Gasteiger partial charge in [0.2, 0.25) is 0 Å². The van der Waals surface area contributed by atoms with Crippen molar-refractivity contribution in [1.82, 2.24) is 0 Å². The average Bonchev–Trinajstić information content (AvgIpc) is 2.13. The molecule has 0 spiro atoms. The van der Waals surface area contributed by atoms with Crippen LogP contribution in [0.2, 0.25) is 0 Å². The normalized spacial score (nSPS) is 11.8. The van der Waals surface area contributed by atoms with Crippen LogP contribution in [-0.2, 0) is 22.4 Å². The summed E-state index contributed by atoms with van der Waals surface area (Å²) < 4.78 is 24.5. The Kier molecular flexibility index (Phi) is 6.47. The molecule has 12 heavy (non-hydrogen) atoms. The minimum absolute atomic E-state index is 0.304. The summed E-state index contributed by atoms with van der Waals surface area (Å²) in [6.45, 7) is 3.80. The van der Waals surface area contributed by atoms with Gasteiger partial charge in [-0.1, -0.05) is 6.08 Å². The van der Waals surface area contributed by atoms with Crippen molar-refractivity contribution < 1.29 is 22.4 Å². The van der Waals surface area contributed by atoms with Crippen LogP contribution in [0.15, 0.2) is 12.7 Å². The maximum atomic E-state index is 5.17. The van der Waals surface area contributed by atoms with Crippen LogP contribution in [0.5, 0.6) is 0 Å². The largest absolute Gasteiger partial charge is 0.706 e. The smallest absolute Gasteiger partial charge is 0.353 e. The topological polar surface area (TPSA) is 46.2 Å². The third-order valence-corrected chi connectivity index (χ3v) is 3.45. The van der Waals surface area contributed by atoms with E-state index in [2.05, 4.69) is 11.2 Å². The van der Waals surface area contributed by atoms with Crippen LogP contribution < -0.4 is 0 Å². The van der Waals surface area contributed by atoms with Crippen molar-refractivity contribution in [1.29, 1.82) is 0 Å². The highest BCUT2D eigenvalue weighted by atomic mass is 28.4. The molecular formula is C5H14O5Si2. The summed E-state index contributed by atoms with van der Waals surface area (Å²) in [7, 11) is 0.299. The molecule has 0 aliphatic heterocycles. The Morgan fingerprint density at radius 2 is 2.00 bits per heavy atom. The van der Waals surface area contributed by atoms with Crippen molar-refractivity contribution in [2.45, 2.75) is 0 Å². The highest BCUT2D eigenvalue weighted by molar-refractivity contribution is 6.53. The number of rotatable bonds is 7. The molecule has 72 valence electrons. The van der Waals surface area contributed by atoms with Gasteiger partial charge in [-0.3, -0.25) is 0 Å². The lowest BCUT2D eigenvalue weighted by Crippen LogP contribution is -2.47. The minimum atomic E-state index is -3.02. The molecule has 0 saturated carbocycles. The molecule has 0 aromatic heterocycles. The van der Waals surface area contributed by atoms with Crippen LogP contribution in [0, 0.1) is 0 Å². The molecule has 0 rings (SSSR count). The first-order valence-corrected chi connectivity index (χ1v) is 5.76. The van der Waals surface area contributed by atoms with Crippen molar-refractivity contribution >= 4 is 19.5 Å². The van der Waals surface area contributed by atoms with Gasteiger partial charge in [0.15, 0.2) is 10.5 Å². The standard InChI is InChI=1S/C5H14O5Si2/c1-4-5-8-12(6-2,7-3)10-9-11/h4H,1,5H2,2-3,11H3. The zero-order valence-electron chi connectivity index (χ0n) is 7.53. The molecule has 0 unspecified atom stereocenters. The SMILES string of the molecule is C=CCO[Si](OC)(OC)OO[SiH3]. The maximum absolute atomic E-state index is 5.17. The van der Waals surface area contributed by atoms with E-state index < -0.39 is 9.05 Å². The molecule has 0 N–H and O–H groups in total. The molecular weight excluding hydrogens is 196 g/mol. The fourth-order valence-electron chi connectivity index (χ4n) is 0.556. The fraction of sp³-hybridized carbons (Fsp3) is 0.600. The van der Waals surface area contributed by atoms with Crippen molar-refractivity contribution in [3.05, 3.63) is 12.7 Å². The Balaban J connectivity index is 4.03. The van der Waals surface area contributed by atoms with Gasteiger partial charge in [-0.15, -0.1) is 6.58 Å². The Labute approximate surface area is 76.2 Å². The highest BCUT2D eigenvalue weighted by Crippen LogP contribution is 2.08. The van der Waals surface area contributed by atoms with Crippen LogP contribution in [-0.4, -0.2) is 40.4 Å². The molecule has 0 radical (unpaired) electrons. The molecule has 0 amide bonds. The van der Waals surface area contributed by atoms with E-state index in [1.807, 2.05) is 0 Å². The van der Waals surface area contributed by atoms with Crippen molar-refractivity contribution in [2.75, 3.05) is 20.8 Å². The quantitative estimate of drug-likeness (QED) is 0.237. The van der Waals surface area contributed by atoms with Gasteiger partial charge in [0.1, 0.15) is 0 Å². The summed E-state index contributed by atoms with van der Waals surface area (Å²) in [5, 5.41) is 0. The summed E-state index contributed by atoms with van der Waals surface area (Å²) in [6.07, 6.45) is 1.58. The molecule has 7 heteroatoms. The van der Waals surface area contributed by atoms with E-state index in [1.165, 1.54) is 14.2 Å². The molecule has 5 nitrogen and oxygen atoms in total. The van der Waals surface area contributed by atoms with Crippen molar-refractivity contribution in [3.63, 3.8) is 0 Å². The zero-order valence-corrected chi connectivity index (χ0v) is 10.5. The minimum Gasteiger partial charge on any atom is -0.353 e. The van der Waals surface area contributed by atoms with Gasteiger partial charge in [-0.05, 0) is 0 Å². The lowest BCUT2D eigenvalue weighted by atomic mass is 10.7. The second kappa shape index (κ2) is 6.49. The summed E-state index contributed by atoms with van der Waals surface area (Å²) in [5.74, 6) is 0. The Morgan fingerprint density at radius 1 is 1.42 bits per heavy atom. The summed E-state index contributed by atoms with van der Waals surface area (Å²) in [6, 6.07) is 0. The van der Waals surface area contributed by atoms with Crippen molar-refractivity contribution in [2.24, 2.45) is 0 Å². The van der Waals surface area contributed by atoms with Gasteiger partial charge in [-0.25, -0.2) is 4.58 Å². The first-order chi connectivity index (χ1) is 5.74. The van der Waals surface area contributed by atoms with Crippen LogP contribution in [0.4, 0.5) is 0 Å². The van der Waals surface area contributed by atoms with Gasteiger partial charge in [-0.2, -0.15) is 0 Å². The van der Waals surface area contributed by atoms with E-state index >= 15 is 0 Å².